The van der Waals surface area contributed by atoms with E-state index in [9.17, 15) is 4.79 Å². The lowest BCUT2D eigenvalue weighted by molar-refractivity contribution is -0.121. The minimum Gasteiger partial charge on any atom is -0.352 e. The summed E-state index contributed by atoms with van der Waals surface area (Å²) in [6.07, 6.45) is 1.41. The van der Waals surface area contributed by atoms with Crippen molar-refractivity contribution in [2.45, 2.75) is 32.7 Å². The molecule has 1 N–H and O–H groups in total. The lowest BCUT2D eigenvalue weighted by Gasteiger charge is -2.13. The van der Waals surface area contributed by atoms with Crippen LogP contribution >= 0.6 is 15.9 Å². The molecule has 88 valence electrons. The molecular formula is C13H18BrNO. The second-order valence-electron chi connectivity index (χ2n) is 3.99. The molecule has 16 heavy (non-hydrogen) atoms. The Morgan fingerprint density at radius 2 is 2.00 bits per heavy atom. The first-order chi connectivity index (χ1) is 7.65. The highest BCUT2D eigenvalue weighted by Gasteiger charge is 2.09. The smallest absolute Gasteiger partial charge is 0.224 e. The van der Waals surface area contributed by atoms with Gasteiger partial charge >= 0.3 is 0 Å². The molecule has 1 aromatic carbocycles. The van der Waals surface area contributed by atoms with Gasteiger partial charge < -0.3 is 5.32 Å². The molecule has 1 amide bonds. The first kappa shape index (κ1) is 13.2. The zero-order chi connectivity index (χ0) is 12.0. The molecule has 0 fully saturated rings. The van der Waals surface area contributed by atoms with Crippen LogP contribution in [0.25, 0.3) is 0 Å². The Kier molecular flexibility index (Phi) is 5.53. The quantitative estimate of drug-likeness (QED) is 0.828. The van der Waals surface area contributed by atoms with E-state index in [1.54, 1.807) is 0 Å². The van der Waals surface area contributed by atoms with Crippen LogP contribution in [-0.4, -0.2) is 17.3 Å². The van der Waals surface area contributed by atoms with Crippen molar-refractivity contribution in [1.82, 2.24) is 5.32 Å². The number of alkyl halides is 1. The largest absolute Gasteiger partial charge is 0.352 e. The molecule has 0 bridgehead atoms. The maximum absolute atomic E-state index is 11.7. The van der Waals surface area contributed by atoms with E-state index in [2.05, 4.69) is 28.2 Å². The Morgan fingerprint density at radius 3 is 2.50 bits per heavy atom. The summed E-state index contributed by atoms with van der Waals surface area (Å²) in [6, 6.07) is 8.31. The normalized spacial score (nSPS) is 12.2. The minimum atomic E-state index is 0.0927. The molecule has 0 spiro atoms. The summed E-state index contributed by atoms with van der Waals surface area (Å²) in [7, 11) is 0. The van der Waals surface area contributed by atoms with Crippen molar-refractivity contribution in [2.75, 3.05) is 5.33 Å². The van der Waals surface area contributed by atoms with Crippen LogP contribution in [0.3, 0.4) is 0 Å². The zero-order valence-corrected chi connectivity index (χ0v) is 11.4. The SMILES string of the molecule is CCC(CBr)NC(=O)Cc1ccc(C)cc1. The predicted octanol–water partition coefficient (Wildman–Crippen LogP) is 2.83. The van der Waals surface area contributed by atoms with Gasteiger partial charge in [-0.2, -0.15) is 0 Å². The van der Waals surface area contributed by atoms with Crippen molar-refractivity contribution in [1.29, 1.82) is 0 Å². The van der Waals surface area contributed by atoms with E-state index < -0.39 is 0 Å². The van der Waals surface area contributed by atoms with Crippen LogP contribution < -0.4 is 5.32 Å². The Balaban J connectivity index is 2.48. The summed E-state index contributed by atoms with van der Waals surface area (Å²) >= 11 is 3.38. The van der Waals surface area contributed by atoms with Gasteiger partial charge in [-0.1, -0.05) is 52.7 Å². The fourth-order valence-electron chi connectivity index (χ4n) is 1.42. The summed E-state index contributed by atoms with van der Waals surface area (Å²) in [4.78, 5) is 11.7. The van der Waals surface area contributed by atoms with Crippen LogP contribution in [0.1, 0.15) is 24.5 Å². The number of hydrogen-bond donors (Lipinski definition) is 1. The second kappa shape index (κ2) is 6.69. The number of benzene rings is 1. The fraction of sp³-hybridized carbons (Fsp3) is 0.462. The van der Waals surface area contributed by atoms with Crippen molar-refractivity contribution in [3.05, 3.63) is 35.4 Å². The number of hydrogen-bond acceptors (Lipinski definition) is 1. The van der Waals surface area contributed by atoms with Gasteiger partial charge in [-0.3, -0.25) is 4.79 Å². The van der Waals surface area contributed by atoms with Gasteiger partial charge in [-0.05, 0) is 18.9 Å². The lowest BCUT2D eigenvalue weighted by atomic mass is 10.1. The maximum atomic E-state index is 11.7. The van der Waals surface area contributed by atoms with Crippen LogP contribution in [-0.2, 0) is 11.2 Å². The molecule has 2 nitrogen and oxygen atoms in total. The average Bonchev–Trinajstić information content (AvgIpc) is 2.29. The molecule has 0 saturated heterocycles. The Hall–Kier alpha value is -0.830. The topological polar surface area (TPSA) is 29.1 Å². The number of carbonyl (C=O) groups is 1. The third kappa shape index (κ3) is 4.35. The van der Waals surface area contributed by atoms with Gasteiger partial charge in [0.25, 0.3) is 0 Å². The van der Waals surface area contributed by atoms with Crippen LogP contribution in [0.4, 0.5) is 0 Å². The summed E-state index contributed by atoms with van der Waals surface area (Å²) < 4.78 is 0. The van der Waals surface area contributed by atoms with Crippen molar-refractivity contribution < 1.29 is 4.79 Å². The number of halogens is 1. The minimum absolute atomic E-state index is 0.0927. The van der Waals surface area contributed by atoms with Gasteiger partial charge in [-0.25, -0.2) is 0 Å². The highest BCUT2D eigenvalue weighted by molar-refractivity contribution is 9.09. The first-order valence-electron chi connectivity index (χ1n) is 5.56. The molecule has 0 aliphatic carbocycles. The van der Waals surface area contributed by atoms with E-state index in [0.29, 0.717) is 6.42 Å². The maximum Gasteiger partial charge on any atom is 0.224 e. The Morgan fingerprint density at radius 1 is 1.38 bits per heavy atom. The van der Waals surface area contributed by atoms with Crippen molar-refractivity contribution >= 4 is 21.8 Å². The van der Waals surface area contributed by atoms with Gasteiger partial charge in [0.2, 0.25) is 5.91 Å². The van der Waals surface area contributed by atoms with Gasteiger partial charge in [-0.15, -0.1) is 0 Å². The lowest BCUT2D eigenvalue weighted by Crippen LogP contribution is -2.36. The Labute approximate surface area is 106 Å². The third-order valence-corrected chi connectivity index (χ3v) is 3.31. The van der Waals surface area contributed by atoms with Crippen LogP contribution in [0.2, 0.25) is 0 Å². The number of rotatable bonds is 5. The van der Waals surface area contributed by atoms with Gasteiger partial charge in [0, 0.05) is 11.4 Å². The van der Waals surface area contributed by atoms with Crippen LogP contribution in [0.15, 0.2) is 24.3 Å². The van der Waals surface area contributed by atoms with E-state index >= 15 is 0 Å². The van der Waals surface area contributed by atoms with Crippen molar-refractivity contribution in [3.8, 4) is 0 Å². The zero-order valence-electron chi connectivity index (χ0n) is 9.79. The Bertz CT molecular complexity index is 330. The van der Waals surface area contributed by atoms with E-state index in [-0.39, 0.29) is 11.9 Å². The van der Waals surface area contributed by atoms with E-state index in [1.807, 2.05) is 31.2 Å². The third-order valence-electron chi connectivity index (χ3n) is 2.53. The molecule has 0 aliphatic heterocycles. The summed E-state index contributed by atoms with van der Waals surface area (Å²) in [5, 5.41) is 3.80. The van der Waals surface area contributed by atoms with Crippen LogP contribution in [0.5, 0.6) is 0 Å². The number of nitrogens with one attached hydrogen (secondary N) is 1. The van der Waals surface area contributed by atoms with Gasteiger partial charge in [0.1, 0.15) is 0 Å². The summed E-state index contributed by atoms with van der Waals surface area (Å²) in [5.41, 5.74) is 2.28. The predicted molar refractivity (Wildman–Crippen MR) is 70.9 cm³/mol. The van der Waals surface area contributed by atoms with Crippen molar-refractivity contribution in [3.63, 3.8) is 0 Å². The monoisotopic (exact) mass is 283 g/mol. The van der Waals surface area contributed by atoms with Gasteiger partial charge in [0.15, 0.2) is 0 Å². The second-order valence-corrected chi connectivity index (χ2v) is 4.64. The molecule has 1 aromatic rings. The first-order valence-corrected chi connectivity index (χ1v) is 6.68. The average molecular weight is 284 g/mol. The molecular weight excluding hydrogens is 266 g/mol. The summed E-state index contributed by atoms with van der Waals surface area (Å²) in [6.45, 7) is 4.11. The molecule has 1 unspecified atom stereocenters. The van der Waals surface area contributed by atoms with Gasteiger partial charge in [0.05, 0.1) is 6.42 Å². The molecule has 0 saturated carbocycles. The molecule has 0 aromatic heterocycles. The van der Waals surface area contributed by atoms with E-state index in [0.717, 1.165) is 17.3 Å². The van der Waals surface area contributed by atoms with Crippen molar-refractivity contribution in [2.24, 2.45) is 0 Å². The van der Waals surface area contributed by atoms with Crippen LogP contribution in [0, 0.1) is 6.92 Å². The molecule has 0 radical (unpaired) electrons. The molecule has 0 aliphatic rings. The van der Waals surface area contributed by atoms with E-state index in [4.69, 9.17) is 0 Å². The number of carbonyl (C=O) groups excluding carboxylic acids is 1. The number of amides is 1. The number of aryl methyl sites for hydroxylation is 1. The molecule has 3 heteroatoms. The molecule has 0 heterocycles. The molecule has 1 atom stereocenters. The fourth-order valence-corrected chi connectivity index (χ4v) is 2.04. The van der Waals surface area contributed by atoms with E-state index in [1.165, 1.54) is 5.56 Å². The summed E-state index contributed by atoms with van der Waals surface area (Å²) in [5.74, 6) is 0.0927. The highest BCUT2D eigenvalue weighted by atomic mass is 79.9. The molecule has 1 rings (SSSR count). The highest BCUT2D eigenvalue weighted by Crippen LogP contribution is 2.04. The standard InChI is InChI=1S/C13H18BrNO/c1-3-12(9-14)15-13(16)8-11-6-4-10(2)5-7-11/h4-7,12H,3,8-9H2,1-2H3,(H,15,16).